The van der Waals surface area contributed by atoms with Crippen molar-refractivity contribution >= 4 is 5.91 Å². The van der Waals surface area contributed by atoms with Gasteiger partial charge in [-0.2, -0.15) is 18.0 Å². The first-order valence-electron chi connectivity index (χ1n) is 9.69. The van der Waals surface area contributed by atoms with Gasteiger partial charge < -0.3 is 10.1 Å². The number of hydrogen-bond donors (Lipinski definition) is 1. The largest absolute Gasteiger partial charge is 0.481 e. The zero-order valence-corrected chi connectivity index (χ0v) is 17.3. The van der Waals surface area contributed by atoms with Gasteiger partial charge in [0.25, 0.3) is 5.91 Å². The van der Waals surface area contributed by atoms with Gasteiger partial charge >= 0.3 is 6.18 Å². The minimum Gasteiger partial charge on any atom is -0.481 e. The highest BCUT2D eigenvalue weighted by atomic mass is 19.4. The fourth-order valence-electron chi connectivity index (χ4n) is 2.93. The van der Waals surface area contributed by atoms with E-state index in [-0.39, 0.29) is 22.8 Å². The third-order valence-electron chi connectivity index (χ3n) is 4.82. The number of amides is 1. The monoisotopic (exact) mass is 426 g/mol. The van der Waals surface area contributed by atoms with Gasteiger partial charge in [0, 0.05) is 30.8 Å². The van der Waals surface area contributed by atoms with Crippen molar-refractivity contribution in [2.75, 3.05) is 6.54 Å². The lowest BCUT2D eigenvalue weighted by Gasteiger charge is -2.23. The summed E-state index contributed by atoms with van der Waals surface area (Å²) in [6, 6.07) is 1.29. The molecule has 2 aromatic heterocycles. The number of alkyl halides is 3. The fraction of sp³-hybridized carbons (Fsp3) is 0.632. The van der Waals surface area contributed by atoms with Crippen LogP contribution >= 0.6 is 0 Å². The lowest BCUT2D eigenvalue weighted by molar-refractivity contribution is -0.189. The summed E-state index contributed by atoms with van der Waals surface area (Å²) in [5.74, 6) is 0.261. The molecule has 1 fully saturated rings. The molecule has 1 aliphatic rings. The van der Waals surface area contributed by atoms with Crippen molar-refractivity contribution in [3.05, 3.63) is 29.3 Å². The molecule has 0 saturated heterocycles. The van der Waals surface area contributed by atoms with E-state index in [0.717, 1.165) is 19.8 Å². The van der Waals surface area contributed by atoms with Gasteiger partial charge in [0.05, 0.1) is 7.05 Å². The number of carbonyl (C=O) groups is 1. The fourth-order valence-corrected chi connectivity index (χ4v) is 2.93. The molecule has 1 N–H and O–H groups in total. The third-order valence-corrected chi connectivity index (χ3v) is 4.82. The first kappa shape index (κ1) is 22.0. The maximum absolute atomic E-state index is 12.9. The van der Waals surface area contributed by atoms with E-state index in [2.05, 4.69) is 25.7 Å². The standard InChI is InChI=1S/C19H25F3N6O2/c1-11(19(20,21)22)30-15-7-14(23-9-13(15)12-5-6-12)17(29)24-10-18(2,3)8-16-25-27-28(4)26-16/h7,9,11-12H,5-6,8,10H2,1-4H3,(H,24,29)/t11-/m0/s1. The predicted molar refractivity (Wildman–Crippen MR) is 101 cm³/mol. The lowest BCUT2D eigenvalue weighted by Crippen LogP contribution is -2.36. The maximum Gasteiger partial charge on any atom is 0.425 e. The van der Waals surface area contributed by atoms with Gasteiger partial charge in [-0.25, -0.2) is 0 Å². The summed E-state index contributed by atoms with van der Waals surface area (Å²) in [5, 5.41) is 14.6. The van der Waals surface area contributed by atoms with Gasteiger partial charge in [0.2, 0.25) is 0 Å². The molecule has 8 nitrogen and oxygen atoms in total. The van der Waals surface area contributed by atoms with E-state index < -0.39 is 18.2 Å². The molecule has 0 spiro atoms. The number of rotatable bonds is 8. The Morgan fingerprint density at radius 1 is 1.37 bits per heavy atom. The molecule has 30 heavy (non-hydrogen) atoms. The minimum absolute atomic E-state index is 0.0113. The average molecular weight is 426 g/mol. The quantitative estimate of drug-likeness (QED) is 0.698. The molecule has 2 heterocycles. The normalized spacial score (nSPS) is 15.7. The van der Waals surface area contributed by atoms with Gasteiger partial charge in [-0.3, -0.25) is 9.78 Å². The summed E-state index contributed by atoms with van der Waals surface area (Å²) in [6.07, 6.45) is -2.80. The number of carbonyl (C=O) groups excluding carboxylic acids is 1. The molecule has 11 heteroatoms. The molecular weight excluding hydrogens is 401 g/mol. The number of tetrazole rings is 1. The minimum atomic E-state index is -4.50. The van der Waals surface area contributed by atoms with Crippen molar-refractivity contribution < 1.29 is 22.7 Å². The van der Waals surface area contributed by atoms with Gasteiger partial charge in [0.15, 0.2) is 11.9 Å². The predicted octanol–water partition coefficient (Wildman–Crippen LogP) is 2.81. The first-order valence-corrected chi connectivity index (χ1v) is 9.69. The van der Waals surface area contributed by atoms with Crippen LogP contribution in [-0.4, -0.2) is 49.9 Å². The molecule has 1 atom stereocenters. The smallest absolute Gasteiger partial charge is 0.425 e. The van der Waals surface area contributed by atoms with Crippen LogP contribution in [0.1, 0.15) is 61.4 Å². The number of nitrogens with zero attached hydrogens (tertiary/aromatic N) is 5. The lowest BCUT2D eigenvalue weighted by atomic mass is 9.89. The first-order chi connectivity index (χ1) is 13.9. The number of aryl methyl sites for hydroxylation is 1. The second kappa shape index (κ2) is 8.19. The van der Waals surface area contributed by atoms with Crippen LogP contribution in [0.4, 0.5) is 13.2 Å². The molecule has 0 aliphatic heterocycles. The van der Waals surface area contributed by atoms with Crippen LogP contribution < -0.4 is 10.1 Å². The topological polar surface area (TPSA) is 94.8 Å². The second-order valence-corrected chi connectivity index (χ2v) is 8.40. The number of pyridine rings is 1. The Hall–Kier alpha value is -2.72. The SMILES string of the molecule is C[C@H](Oc1cc(C(=O)NCC(C)(C)Cc2nnn(C)n2)ncc1C1CC1)C(F)(F)F. The van der Waals surface area contributed by atoms with Crippen LogP contribution in [-0.2, 0) is 13.5 Å². The molecule has 1 aliphatic carbocycles. The second-order valence-electron chi connectivity index (χ2n) is 8.40. The molecule has 0 radical (unpaired) electrons. The van der Waals surface area contributed by atoms with Crippen LogP contribution in [0, 0.1) is 5.41 Å². The van der Waals surface area contributed by atoms with Crippen LogP contribution in [0.15, 0.2) is 12.3 Å². The molecule has 0 bridgehead atoms. The molecule has 2 aromatic rings. The van der Waals surface area contributed by atoms with Crippen molar-refractivity contribution in [2.45, 2.75) is 58.2 Å². The third kappa shape index (κ3) is 5.67. The van der Waals surface area contributed by atoms with E-state index in [1.807, 2.05) is 13.8 Å². The molecule has 3 rings (SSSR count). The van der Waals surface area contributed by atoms with Crippen molar-refractivity contribution in [1.29, 1.82) is 0 Å². The molecule has 1 saturated carbocycles. The number of halogens is 3. The van der Waals surface area contributed by atoms with Crippen LogP contribution in [0.5, 0.6) is 5.75 Å². The average Bonchev–Trinajstić information content (AvgIpc) is 3.41. The molecule has 0 aromatic carbocycles. The van der Waals surface area contributed by atoms with Gasteiger partial charge in [-0.15, -0.1) is 10.2 Å². The summed E-state index contributed by atoms with van der Waals surface area (Å²) < 4.78 is 44.0. The van der Waals surface area contributed by atoms with E-state index in [1.165, 1.54) is 17.1 Å². The van der Waals surface area contributed by atoms with Gasteiger partial charge in [0.1, 0.15) is 11.4 Å². The Bertz CT molecular complexity index is 908. The highest BCUT2D eigenvalue weighted by molar-refractivity contribution is 5.92. The van der Waals surface area contributed by atoms with Gasteiger partial charge in [-0.1, -0.05) is 13.8 Å². The molecule has 0 unspecified atom stereocenters. The number of hydrogen-bond acceptors (Lipinski definition) is 6. The van der Waals surface area contributed by atoms with Crippen LogP contribution in [0.25, 0.3) is 0 Å². The Morgan fingerprint density at radius 3 is 2.63 bits per heavy atom. The van der Waals surface area contributed by atoms with Crippen LogP contribution in [0.2, 0.25) is 0 Å². The maximum atomic E-state index is 12.9. The highest BCUT2D eigenvalue weighted by Crippen LogP contribution is 2.44. The van der Waals surface area contributed by atoms with Crippen LogP contribution in [0.3, 0.4) is 0 Å². The summed E-state index contributed by atoms with van der Waals surface area (Å²) in [4.78, 5) is 18.1. The van der Waals surface area contributed by atoms with Crippen molar-refractivity contribution in [3.63, 3.8) is 0 Å². The number of nitrogens with one attached hydrogen (secondary N) is 1. The summed E-state index contributed by atoms with van der Waals surface area (Å²) in [5.41, 5.74) is 0.255. The van der Waals surface area contributed by atoms with Crippen molar-refractivity contribution in [2.24, 2.45) is 12.5 Å². The molecule has 1 amide bonds. The van der Waals surface area contributed by atoms with E-state index in [9.17, 15) is 18.0 Å². The van der Waals surface area contributed by atoms with E-state index in [0.29, 0.717) is 24.4 Å². The van der Waals surface area contributed by atoms with Gasteiger partial charge in [-0.05, 0) is 36.3 Å². The highest BCUT2D eigenvalue weighted by Gasteiger charge is 2.39. The Balaban J connectivity index is 1.68. The molecular formula is C19H25F3N6O2. The Morgan fingerprint density at radius 2 is 2.07 bits per heavy atom. The zero-order chi connectivity index (χ0) is 22.1. The Labute approximate surface area is 172 Å². The summed E-state index contributed by atoms with van der Waals surface area (Å²) in [7, 11) is 1.67. The zero-order valence-electron chi connectivity index (χ0n) is 17.3. The van der Waals surface area contributed by atoms with Crippen molar-refractivity contribution in [1.82, 2.24) is 30.5 Å². The number of aromatic nitrogens is 5. The molecule has 164 valence electrons. The van der Waals surface area contributed by atoms with E-state index >= 15 is 0 Å². The van der Waals surface area contributed by atoms with Crippen molar-refractivity contribution in [3.8, 4) is 5.75 Å². The van der Waals surface area contributed by atoms with E-state index in [1.54, 1.807) is 7.05 Å². The summed E-state index contributed by atoms with van der Waals surface area (Å²) >= 11 is 0. The Kier molecular flexibility index (Phi) is 6.00. The number of ether oxygens (including phenoxy) is 1. The van der Waals surface area contributed by atoms with E-state index in [4.69, 9.17) is 4.74 Å². The summed E-state index contributed by atoms with van der Waals surface area (Å²) in [6.45, 7) is 5.12.